The molecule has 0 saturated carbocycles. The van der Waals surface area contributed by atoms with Crippen LogP contribution in [0.4, 0.5) is 16.2 Å². The number of carbonyl (C=O) groups is 2. The van der Waals surface area contributed by atoms with Gasteiger partial charge < -0.3 is 16.0 Å². The monoisotopic (exact) mass is 329 g/mol. The highest BCUT2D eigenvalue weighted by molar-refractivity contribution is 6.06. The van der Waals surface area contributed by atoms with Gasteiger partial charge in [-0.15, -0.1) is 0 Å². The number of hydrogen-bond donors (Lipinski definition) is 3. The molecule has 7 nitrogen and oxygen atoms in total. The van der Waals surface area contributed by atoms with E-state index >= 15 is 0 Å². The third-order valence-corrected chi connectivity index (χ3v) is 3.56. The Bertz CT molecular complexity index is 747. The Hall–Kier alpha value is -2.83. The molecule has 24 heavy (non-hydrogen) atoms. The molecule has 2 aromatic rings. The Morgan fingerprint density at radius 2 is 1.58 bits per heavy atom. The topological polar surface area (TPSA) is 88.1 Å². The van der Waals surface area contributed by atoms with Crippen molar-refractivity contribution in [3.8, 4) is 0 Å². The number of carbonyl (C=O) groups excluding carboxylic acids is 2. The smallest absolute Gasteiger partial charge is 0.319 e. The van der Waals surface area contributed by atoms with E-state index in [0.717, 1.165) is 5.69 Å². The third kappa shape index (κ3) is 4.13. The summed E-state index contributed by atoms with van der Waals surface area (Å²) in [6, 6.07) is 6.75. The standard InChI is InChI=1S/C17H23N5O2/c1-10(2)18-17(24)20-14-8-6-13(7-9-14)19-16(23)15-11(3)21-22(5)12(15)4/h6-10H,1-5H3,(H,19,23)(H2,18,20,24). The molecule has 0 saturated heterocycles. The van der Waals surface area contributed by atoms with Gasteiger partial charge in [-0.1, -0.05) is 0 Å². The van der Waals surface area contributed by atoms with Gasteiger partial charge >= 0.3 is 6.03 Å². The second kappa shape index (κ2) is 7.16. The summed E-state index contributed by atoms with van der Waals surface area (Å²) in [6.07, 6.45) is 0. The molecule has 128 valence electrons. The average Bonchev–Trinajstić information content (AvgIpc) is 2.73. The quantitative estimate of drug-likeness (QED) is 0.806. The van der Waals surface area contributed by atoms with Crippen molar-refractivity contribution in [3.63, 3.8) is 0 Å². The molecule has 0 unspecified atom stereocenters. The lowest BCUT2D eigenvalue weighted by Crippen LogP contribution is -2.34. The molecule has 2 rings (SSSR count). The molecule has 0 spiro atoms. The summed E-state index contributed by atoms with van der Waals surface area (Å²) < 4.78 is 1.69. The van der Waals surface area contributed by atoms with Crippen LogP contribution in [0, 0.1) is 13.8 Å². The van der Waals surface area contributed by atoms with Crippen molar-refractivity contribution in [1.29, 1.82) is 0 Å². The molecule has 0 aliphatic carbocycles. The van der Waals surface area contributed by atoms with Crippen LogP contribution < -0.4 is 16.0 Å². The number of urea groups is 1. The van der Waals surface area contributed by atoms with Crippen molar-refractivity contribution < 1.29 is 9.59 Å². The zero-order chi connectivity index (χ0) is 17.9. The van der Waals surface area contributed by atoms with Crippen LogP contribution in [0.5, 0.6) is 0 Å². The number of rotatable bonds is 4. The van der Waals surface area contributed by atoms with Gasteiger partial charge in [0, 0.05) is 30.2 Å². The van der Waals surface area contributed by atoms with E-state index in [-0.39, 0.29) is 18.0 Å². The number of anilines is 2. The minimum atomic E-state index is -0.261. The first-order valence-electron chi connectivity index (χ1n) is 7.77. The van der Waals surface area contributed by atoms with Crippen LogP contribution in [0.1, 0.15) is 35.6 Å². The summed E-state index contributed by atoms with van der Waals surface area (Å²) in [6.45, 7) is 7.44. The van der Waals surface area contributed by atoms with Crippen LogP contribution >= 0.6 is 0 Å². The van der Waals surface area contributed by atoms with Crippen LogP contribution in [0.25, 0.3) is 0 Å². The summed E-state index contributed by atoms with van der Waals surface area (Å²) >= 11 is 0. The Morgan fingerprint density at radius 1 is 1.04 bits per heavy atom. The number of benzene rings is 1. The van der Waals surface area contributed by atoms with E-state index in [9.17, 15) is 9.59 Å². The van der Waals surface area contributed by atoms with Crippen LogP contribution in [0.15, 0.2) is 24.3 Å². The molecule has 0 radical (unpaired) electrons. The Labute approximate surface area is 141 Å². The number of amides is 3. The predicted octanol–water partition coefficient (Wildman–Crippen LogP) is 2.82. The summed E-state index contributed by atoms with van der Waals surface area (Å²) in [5.41, 5.74) is 3.39. The largest absolute Gasteiger partial charge is 0.336 e. The van der Waals surface area contributed by atoms with Crippen molar-refractivity contribution in [1.82, 2.24) is 15.1 Å². The predicted molar refractivity (Wildman–Crippen MR) is 94.4 cm³/mol. The molecule has 0 aliphatic heterocycles. The maximum Gasteiger partial charge on any atom is 0.319 e. The lowest BCUT2D eigenvalue weighted by Gasteiger charge is -2.11. The van der Waals surface area contributed by atoms with Crippen molar-refractivity contribution in [2.75, 3.05) is 10.6 Å². The van der Waals surface area contributed by atoms with E-state index < -0.39 is 0 Å². The molecule has 0 aliphatic rings. The average molecular weight is 329 g/mol. The summed E-state index contributed by atoms with van der Waals surface area (Å²) in [5, 5.41) is 12.6. The summed E-state index contributed by atoms with van der Waals surface area (Å²) in [4.78, 5) is 24.1. The first-order chi connectivity index (χ1) is 11.3. The minimum absolute atomic E-state index is 0.0644. The molecule has 0 bridgehead atoms. The fourth-order valence-corrected chi connectivity index (χ4v) is 2.36. The SMILES string of the molecule is Cc1nn(C)c(C)c1C(=O)Nc1ccc(NC(=O)NC(C)C)cc1. The van der Waals surface area contributed by atoms with Gasteiger partial charge in [0.15, 0.2) is 0 Å². The maximum absolute atomic E-state index is 12.4. The number of hydrogen-bond acceptors (Lipinski definition) is 3. The van der Waals surface area contributed by atoms with E-state index in [1.165, 1.54) is 0 Å². The molecule has 0 fully saturated rings. The Morgan fingerprint density at radius 3 is 2.04 bits per heavy atom. The first-order valence-corrected chi connectivity index (χ1v) is 7.77. The summed E-state index contributed by atoms with van der Waals surface area (Å²) in [7, 11) is 1.81. The molecular weight excluding hydrogens is 306 g/mol. The van der Waals surface area contributed by atoms with Crippen LogP contribution in [-0.4, -0.2) is 27.8 Å². The lowest BCUT2D eigenvalue weighted by atomic mass is 10.2. The van der Waals surface area contributed by atoms with Gasteiger partial charge in [0.2, 0.25) is 0 Å². The lowest BCUT2D eigenvalue weighted by molar-refractivity contribution is 0.102. The Kier molecular flexibility index (Phi) is 5.23. The van der Waals surface area contributed by atoms with Gasteiger partial charge in [0.25, 0.3) is 5.91 Å². The van der Waals surface area contributed by atoms with E-state index in [4.69, 9.17) is 0 Å². The highest BCUT2D eigenvalue weighted by atomic mass is 16.2. The van der Waals surface area contributed by atoms with Gasteiger partial charge in [-0.3, -0.25) is 9.48 Å². The number of aromatic nitrogens is 2. The van der Waals surface area contributed by atoms with Crippen LogP contribution in [-0.2, 0) is 7.05 Å². The van der Waals surface area contributed by atoms with E-state index in [2.05, 4.69) is 21.0 Å². The highest BCUT2D eigenvalue weighted by Gasteiger charge is 2.17. The normalized spacial score (nSPS) is 10.6. The number of nitrogens with zero attached hydrogens (tertiary/aromatic N) is 2. The highest BCUT2D eigenvalue weighted by Crippen LogP contribution is 2.17. The van der Waals surface area contributed by atoms with Crippen molar-refractivity contribution in [3.05, 3.63) is 41.2 Å². The van der Waals surface area contributed by atoms with Crippen LogP contribution in [0.2, 0.25) is 0 Å². The molecule has 1 aromatic heterocycles. The molecule has 1 aromatic carbocycles. The van der Waals surface area contributed by atoms with Crippen molar-refractivity contribution in [2.24, 2.45) is 7.05 Å². The molecule has 1 heterocycles. The zero-order valence-corrected chi connectivity index (χ0v) is 14.6. The van der Waals surface area contributed by atoms with Gasteiger partial charge in [-0.2, -0.15) is 5.10 Å². The van der Waals surface area contributed by atoms with Crippen LogP contribution in [0.3, 0.4) is 0 Å². The Balaban J connectivity index is 2.03. The van der Waals surface area contributed by atoms with Crippen molar-refractivity contribution in [2.45, 2.75) is 33.7 Å². The zero-order valence-electron chi connectivity index (χ0n) is 14.6. The molecular formula is C17H23N5O2. The third-order valence-electron chi connectivity index (χ3n) is 3.56. The van der Waals surface area contributed by atoms with Gasteiger partial charge in [0.1, 0.15) is 0 Å². The van der Waals surface area contributed by atoms with E-state index in [1.54, 1.807) is 28.9 Å². The van der Waals surface area contributed by atoms with Gasteiger partial charge in [0.05, 0.1) is 11.3 Å². The second-order valence-electron chi connectivity index (χ2n) is 5.95. The van der Waals surface area contributed by atoms with Crippen molar-refractivity contribution >= 4 is 23.3 Å². The van der Waals surface area contributed by atoms with Gasteiger partial charge in [-0.05, 0) is 52.0 Å². The van der Waals surface area contributed by atoms with E-state index in [0.29, 0.717) is 22.6 Å². The fourth-order valence-electron chi connectivity index (χ4n) is 2.36. The molecule has 0 atom stereocenters. The minimum Gasteiger partial charge on any atom is -0.336 e. The maximum atomic E-state index is 12.4. The molecule has 3 N–H and O–H groups in total. The van der Waals surface area contributed by atoms with Gasteiger partial charge in [-0.25, -0.2) is 4.79 Å². The number of aryl methyl sites for hydroxylation is 2. The van der Waals surface area contributed by atoms with E-state index in [1.807, 2.05) is 34.7 Å². The second-order valence-corrected chi connectivity index (χ2v) is 5.95. The molecule has 7 heteroatoms. The first kappa shape index (κ1) is 17.5. The fraction of sp³-hybridized carbons (Fsp3) is 0.353. The molecule has 3 amide bonds. The number of nitrogens with one attached hydrogen (secondary N) is 3. The summed E-state index contributed by atoms with van der Waals surface area (Å²) in [5.74, 6) is -0.198.